The van der Waals surface area contributed by atoms with E-state index in [-0.39, 0.29) is 5.91 Å². The van der Waals surface area contributed by atoms with Gasteiger partial charge in [-0.25, -0.2) is 0 Å². The second kappa shape index (κ2) is 5.79. The summed E-state index contributed by atoms with van der Waals surface area (Å²) < 4.78 is 1.29. The zero-order valence-electron chi connectivity index (χ0n) is 10.9. The van der Waals surface area contributed by atoms with Crippen LogP contribution in [0.2, 0.25) is 0 Å². The van der Waals surface area contributed by atoms with Crippen molar-refractivity contribution in [2.24, 2.45) is 5.92 Å². The van der Waals surface area contributed by atoms with Gasteiger partial charge in [-0.2, -0.15) is 0 Å². The highest BCUT2D eigenvalue weighted by molar-refractivity contribution is 14.1. The average molecular weight is 370 g/mol. The Balaban J connectivity index is 1.59. The second-order valence-electron chi connectivity index (χ2n) is 5.62. The van der Waals surface area contributed by atoms with E-state index in [2.05, 4.69) is 57.1 Å². The molecule has 1 N–H and O–H groups in total. The van der Waals surface area contributed by atoms with E-state index in [1.807, 2.05) is 0 Å². The minimum absolute atomic E-state index is 0.243. The molecule has 2 heterocycles. The number of likely N-dealkylation sites (tertiary alicyclic amines) is 1. The summed E-state index contributed by atoms with van der Waals surface area (Å²) in [5.74, 6) is 0.891. The number of hydrogen-bond acceptors (Lipinski definition) is 2. The van der Waals surface area contributed by atoms with Crippen molar-refractivity contribution in [2.45, 2.75) is 31.8 Å². The number of carbonyl (C=O) groups is 1. The van der Waals surface area contributed by atoms with E-state index >= 15 is 0 Å². The van der Waals surface area contributed by atoms with E-state index < -0.39 is 0 Å². The first-order chi connectivity index (χ1) is 9.20. The lowest BCUT2D eigenvalue weighted by atomic mass is 9.85. The molecule has 2 fully saturated rings. The van der Waals surface area contributed by atoms with Crippen molar-refractivity contribution in [3.05, 3.63) is 33.4 Å². The van der Waals surface area contributed by atoms with Crippen LogP contribution in [-0.4, -0.2) is 29.9 Å². The molecule has 0 radical (unpaired) electrons. The molecule has 1 aromatic carbocycles. The third kappa shape index (κ3) is 3.28. The monoisotopic (exact) mass is 370 g/mol. The molecule has 102 valence electrons. The standard InChI is InChI=1S/C15H19IN2O/c16-13-4-1-11(2-5-13)9-18-8-7-14-12(10-18)3-6-15(19)17-14/h1-2,4-5,12,14H,3,6-10H2,(H,17,19). The van der Waals surface area contributed by atoms with Crippen LogP contribution in [0.25, 0.3) is 0 Å². The number of amides is 1. The number of fused-ring (bicyclic) bond motifs is 1. The van der Waals surface area contributed by atoms with Gasteiger partial charge in [0, 0.05) is 35.7 Å². The summed E-state index contributed by atoms with van der Waals surface area (Å²) in [5, 5.41) is 3.14. The number of benzene rings is 1. The third-order valence-corrected chi connectivity index (χ3v) is 4.95. The molecule has 4 heteroatoms. The van der Waals surface area contributed by atoms with Gasteiger partial charge in [0.1, 0.15) is 0 Å². The average Bonchev–Trinajstić information content (AvgIpc) is 2.42. The van der Waals surface area contributed by atoms with E-state index in [9.17, 15) is 4.79 Å². The quantitative estimate of drug-likeness (QED) is 0.811. The number of nitrogens with zero attached hydrogens (tertiary/aromatic N) is 1. The molecule has 0 bridgehead atoms. The van der Waals surface area contributed by atoms with Gasteiger partial charge in [0.05, 0.1) is 0 Å². The Morgan fingerprint density at radius 2 is 2.05 bits per heavy atom. The lowest BCUT2D eigenvalue weighted by Gasteiger charge is -2.41. The summed E-state index contributed by atoms with van der Waals surface area (Å²) in [5.41, 5.74) is 1.39. The van der Waals surface area contributed by atoms with Gasteiger partial charge in [-0.1, -0.05) is 12.1 Å². The SMILES string of the molecule is O=C1CCC2CN(Cc3ccc(I)cc3)CCC2N1. The molecule has 0 spiro atoms. The van der Waals surface area contributed by atoms with E-state index in [4.69, 9.17) is 0 Å². The molecule has 2 atom stereocenters. The molecule has 2 saturated heterocycles. The van der Waals surface area contributed by atoms with Gasteiger partial charge >= 0.3 is 0 Å². The van der Waals surface area contributed by atoms with E-state index in [0.717, 1.165) is 32.5 Å². The Morgan fingerprint density at radius 1 is 1.26 bits per heavy atom. The van der Waals surface area contributed by atoms with E-state index in [0.29, 0.717) is 18.4 Å². The van der Waals surface area contributed by atoms with Crippen LogP contribution in [0.4, 0.5) is 0 Å². The van der Waals surface area contributed by atoms with Gasteiger partial charge in [0.25, 0.3) is 0 Å². The summed E-state index contributed by atoms with van der Waals surface area (Å²) in [4.78, 5) is 13.9. The lowest BCUT2D eigenvalue weighted by molar-refractivity contribution is -0.125. The Bertz CT molecular complexity index is 460. The van der Waals surface area contributed by atoms with E-state index in [1.165, 1.54) is 9.13 Å². The van der Waals surface area contributed by atoms with E-state index in [1.54, 1.807) is 0 Å². The first-order valence-corrected chi connectivity index (χ1v) is 8.05. The van der Waals surface area contributed by atoms with Crippen molar-refractivity contribution in [1.29, 1.82) is 0 Å². The van der Waals surface area contributed by atoms with Crippen LogP contribution < -0.4 is 5.32 Å². The van der Waals surface area contributed by atoms with Gasteiger partial charge in [0.2, 0.25) is 5.91 Å². The first-order valence-electron chi connectivity index (χ1n) is 6.97. The molecule has 1 aromatic rings. The highest BCUT2D eigenvalue weighted by atomic mass is 127. The minimum atomic E-state index is 0.243. The topological polar surface area (TPSA) is 32.3 Å². The Morgan fingerprint density at radius 3 is 2.84 bits per heavy atom. The zero-order chi connectivity index (χ0) is 13.2. The van der Waals surface area contributed by atoms with Crippen LogP contribution in [0.5, 0.6) is 0 Å². The highest BCUT2D eigenvalue weighted by Crippen LogP contribution is 2.26. The Kier molecular flexibility index (Phi) is 4.07. The number of nitrogens with one attached hydrogen (secondary N) is 1. The normalized spacial score (nSPS) is 27.7. The molecule has 0 aliphatic carbocycles. The summed E-state index contributed by atoms with van der Waals surface area (Å²) in [6.07, 6.45) is 2.86. The predicted molar refractivity (Wildman–Crippen MR) is 83.7 cm³/mol. The zero-order valence-corrected chi connectivity index (χ0v) is 13.1. The van der Waals surface area contributed by atoms with Crippen LogP contribution in [-0.2, 0) is 11.3 Å². The van der Waals surface area contributed by atoms with Crippen LogP contribution in [0, 0.1) is 9.49 Å². The fraction of sp³-hybridized carbons (Fsp3) is 0.533. The van der Waals surface area contributed by atoms with Gasteiger partial charge in [-0.15, -0.1) is 0 Å². The third-order valence-electron chi connectivity index (χ3n) is 4.23. The Labute approximate surface area is 127 Å². The molecule has 0 aromatic heterocycles. The number of rotatable bonds is 2. The van der Waals surface area contributed by atoms with Crippen molar-refractivity contribution in [1.82, 2.24) is 10.2 Å². The number of hydrogen-bond donors (Lipinski definition) is 1. The van der Waals surface area contributed by atoms with Crippen molar-refractivity contribution in [3.63, 3.8) is 0 Å². The molecule has 2 unspecified atom stereocenters. The van der Waals surface area contributed by atoms with Crippen molar-refractivity contribution in [3.8, 4) is 0 Å². The second-order valence-corrected chi connectivity index (χ2v) is 6.87. The van der Waals surface area contributed by atoms with Crippen LogP contribution in [0.1, 0.15) is 24.8 Å². The maximum absolute atomic E-state index is 11.4. The molecule has 0 saturated carbocycles. The maximum atomic E-state index is 11.4. The number of halogens is 1. The molecule has 3 nitrogen and oxygen atoms in total. The fourth-order valence-corrected chi connectivity index (χ4v) is 3.54. The summed E-state index contributed by atoms with van der Waals surface area (Å²) >= 11 is 2.34. The van der Waals surface area contributed by atoms with Crippen LogP contribution in [0.3, 0.4) is 0 Å². The van der Waals surface area contributed by atoms with Crippen LogP contribution in [0.15, 0.2) is 24.3 Å². The largest absolute Gasteiger partial charge is 0.353 e. The predicted octanol–water partition coefficient (Wildman–Crippen LogP) is 2.39. The summed E-state index contributed by atoms with van der Waals surface area (Å²) in [6, 6.07) is 9.20. The molecular weight excluding hydrogens is 351 g/mol. The number of piperidine rings is 2. The number of carbonyl (C=O) groups excluding carboxylic acids is 1. The first kappa shape index (κ1) is 13.4. The highest BCUT2D eigenvalue weighted by Gasteiger charge is 2.33. The summed E-state index contributed by atoms with van der Waals surface area (Å²) in [6.45, 7) is 3.25. The van der Waals surface area contributed by atoms with Crippen molar-refractivity contribution < 1.29 is 4.79 Å². The van der Waals surface area contributed by atoms with Crippen molar-refractivity contribution >= 4 is 28.5 Å². The lowest BCUT2D eigenvalue weighted by Crippen LogP contribution is -2.53. The van der Waals surface area contributed by atoms with Gasteiger partial charge in [0.15, 0.2) is 0 Å². The molecule has 2 aliphatic heterocycles. The molecular formula is C15H19IN2O. The molecule has 3 rings (SSSR count). The van der Waals surface area contributed by atoms with Crippen molar-refractivity contribution in [2.75, 3.05) is 13.1 Å². The maximum Gasteiger partial charge on any atom is 0.220 e. The molecule has 19 heavy (non-hydrogen) atoms. The van der Waals surface area contributed by atoms with Crippen LogP contribution >= 0.6 is 22.6 Å². The summed E-state index contributed by atoms with van der Waals surface area (Å²) in [7, 11) is 0. The minimum Gasteiger partial charge on any atom is -0.353 e. The smallest absolute Gasteiger partial charge is 0.220 e. The fourth-order valence-electron chi connectivity index (χ4n) is 3.18. The van der Waals surface area contributed by atoms with Gasteiger partial charge < -0.3 is 5.32 Å². The van der Waals surface area contributed by atoms with Gasteiger partial charge in [-0.05, 0) is 59.0 Å². The molecule has 2 aliphatic rings. The van der Waals surface area contributed by atoms with Gasteiger partial charge in [-0.3, -0.25) is 9.69 Å². The Hall–Kier alpha value is -0.620. The molecule has 1 amide bonds.